The topological polar surface area (TPSA) is 17.1 Å². The Bertz CT molecular complexity index is 593. The molecule has 0 heterocycles. The Labute approximate surface area is 110 Å². The molecule has 0 radical (unpaired) electrons. The normalized spacial score (nSPS) is 10.4. The van der Waals surface area contributed by atoms with Crippen LogP contribution in [0.5, 0.6) is 0 Å². The van der Waals surface area contributed by atoms with Gasteiger partial charge >= 0.3 is 0 Å². The first-order valence-corrected chi connectivity index (χ1v) is 5.99. The summed E-state index contributed by atoms with van der Waals surface area (Å²) in [6.07, 6.45) is 0.0495. The Kier molecular flexibility index (Phi) is 3.78. The summed E-state index contributed by atoms with van der Waals surface area (Å²) in [7, 11) is 0. The van der Waals surface area contributed by atoms with Crippen LogP contribution in [0.3, 0.4) is 0 Å². The zero-order valence-corrected chi connectivity index (χ0v) is 10.7. The van der Waals surface area contributed by atoms with Crippen molar-refractivity contribution in [3.05, 3.63) is 70.0 Å². The van der Waals surface area contributed by atoms with Gasteiger partial charge in [-0.1, -0.05) is 41.9 Å². The summed E-state index contributed by atoms with van der Waals surface area (Å²) in [6.45, 7) is 1.79. The standard InChI is InChI=1S/C15H12ClFO/c1-10-12(6-4-7-13(10)16)15(18)9-11-5-2-3-8-14(11)17/h2-8H,9H2,1H3. The minimum Gasteiger partial charge on any atom is -0.294 e. The Hall–Kier alpha value is -1.67. The van der Waals surface area contributed by atoms with Crippen LogP contribution in [0, 0.1) is 12.7 Å². The molecule has 0 aliphatic carbocycles. The highest BCUT2D eigenvalue weighted by Gasteiger charge is 2.13. The van der Waals surface area contributed by atoms with Gasteiger partial charge in [-0.25, -0.2) is 4.39 Å². The molecule has 0 aromatic heterocycles. The number of carbonyl (C=O) groups is 1. The molecule has 0 amide bonds. The quantitative estimate of drug-likeness (QED) is 0.757. The third-order valence-electron chi connectivity index (χ3n) is 2.88. The van der Waals surface area contributed by atoms with Gasteiger partial charge in [0.25, 0.3) is 0 Å². The van der Waals surface area contributed by atoms with Crippen molar-refractivity contribution in [2.24, 2.45) is 0 Å². The molecule has 0 aliphatic rings. The molecule has 0 fully saturated rings. The predicted octanol–water partition coefficient (Wildman–Crippen LogP) is 4.21. The highest BCUT2D eigenvalue weighted by molar-refractivity contribution is 6.31. The molecule has 2 aromatic rings. The van der Waals surface area contributed by atoms with Gasteiger partial charge in [-0.05, 0) is 30.2 Å². The van der Waals surface area contributed by atoms with Crippen molar-refractivity contribution >= 4 is 17.4 Å². The molecule has 2 aromatic carbocycles. The number of halogens is 2. The van der Waals surface area contributed by atoms with E-state index in [1.54, 1.807) is 43.3 Å². The van der Waals surface area contributed by atoms with E-state index in [0.717, 1.165) is 5.56 Å². The second-order valence-electron chi connectivity index (χ2n) is 4.10. The van der Waals surface area contributed by atoms with Crippen molar-refractivity contribution in [3.63, 3.8) is 0 Å². The minimum absolute atomic E-state index is 0.0495. The molecule has 18 heavy (non-hydrogen) atoms. The van der Waals surface area contributed by atoms with E-state index in [-0.39, 0.29) is 18.0 Å². The van der Waals surface area contributed by atoms with Crippen LogP contribution in [0.25, 0.3) is 0 Å². The average molecular weight is 263 g/mol. The number of hydrogen-bond donors (Lipinski definition) is 0. The lowest BCUT2D eigenvalue weighted by Crippen LogP contribution is -2.07. The van der Waals surface area contributed by atoms with Crippen molar-refractivity contribution in [3.8, 4) is 0 Å². The number of ketones is 1. The lowest BCUT2D eigenvalue weighted by atomic mass is 9.99. The Morgan fingerprint density at radius 1 is 1.17 bits per heavy atom. The summed E-state index contributed by atoms with van der Waals surface area (Å²) >= 11 is 5.97. The van der Waals surface area contributed by atoms with E-state index >= 15 is 0 Å². The molecule has 92 valence electrons. The molecule has 0 saturated heterocycles. The first kappa shape index (κ1) is 12.8. The monoisotopic (exact) mass is 262 g/mol. The van der Waals surface area contributed by atoms with E-state index in [9.17, 15) is 9.18 Å². The fourth-order valence-corrected chi connectivity index (χ4v) is 1.99. The van der Waals surface area contributed by atoms with Gasteiger partial charge < -0.3 is 0 Å². The zero-order valence-electron chi connectivity index (χ0n) is 9.91. The van der Waals surface area contributed by atoms with E-state index in [4.69, 9.17) is 11.6 Å². The maximum absolute atomic E-state index is 13.5. The van der Waals surface area contributed by atoms with Crippen molar-refractivity contribution < 1.29 is 9.18 Å². The average Bonchev–Trinajstić information content (AvgIpc) is 2.35. The van der Waals surface area contributed by atoms with E-state index < -0.39 is 0 Å². The van der Waals surface area contributed by atoms with Gasteiger partial charge in [0.2, 0.25) is 0 Å². The van der Waals surface area contributed by atoms with Crippen molar-refractivity contribution in [2.75, 3.05) is 0 Å². The van der Waals surface area contributed by atoms with Gasteiger partial charge in [-0.2, -0.15) is 0 Å². The van der Waals surface area contributed by atoms with Gasteiger partial charge in [0.15, 0.2) is 5.78 Å². The number of benzene rings is 2. The van der Waals surface area contributed by atoms with E-state index in [1.807, 2.05) is 0 Å². The third-order valence-corrected chi connectivity index (χ3v) is 3.29. The van der Waals surface area contributed by atoms with Gasteiger partial charge in [0.05, 0.1) is 0 Å². The maximum Gasteiger partial charge on any atom is 0.167 e. The van der Waals surface area contributed by atoms with Gasteiger partial charge in [0.1, 0.15) is 5.82 Å². The van der Waals surface area contributed by atoms with Gasteiger partial charge in [-0.3, -0.25) is 4.79 Å². The van der Waals surface area contributed by atoms with Crippen LogP contribution in [-0.2, 0) is 6.42 Å². The minimum atomic E-state index is -0.356. The van der Waals surface area contributed by atoms with Crippen molar-refractivity contribution in [1.82, 2.24) is 0 Å². The number of hydrogen-bond acceptors (Lipinski definition) is 1. The summed E-state index contributed by atoms with van der Waals surface area (Å²) in [4.78, 5) is 12.1. The molecule has 0 N–H and O–H groups in total. The second-order valence-corrected chi connectivity index (χ2v) is 4.51. The summed E-state index contributed by atoms with van der Waals surface area (Å²) in [5.41, 5.74) is 1.69. The number of rotatable bonds is 3. The first-order valence-electron chi connectivity index (χ1n) is 5.61. The van der Waals surface area contributed by atoms with Crippen LogP contribution < -0.4 is 0 Å². The lowest BCUT2D eigenvalue weighted by molar-refractivity contribution is 0.0991. The molecular weight excluding hydrogens is 251 g/mol. The molecule has 0 bridgehead atoms. The predicted molar refractivity (Wildman–Crippen MR) is 70.6 cm³/mol. The smallest absolute Gasteiger partial charge is 0.167 e. The zero-order chi connectivity index (χ0) is 13.1. The molecule has 2 rings (SSSR count). The van der Waals surface area contributed by atoms with Gasteiger partial charge in [-0.15, -0.1) is 0 Å². The molecule has 0 unspecified atom stereocenters. The fourth-order valence-electron chi connectivity index (χ4n) is 1.82. The van der Waals surface area contributed by atoms with Crippen LogP contribution >= 0.6 is 11.6 Å². The van der Waals surface area contributed by atoms with Crippen LogP contribution in [0.15, 0.2) is 42.5 Å². The molecule has 0 aliphatic heterocycles. The van der Waals surface area contributed by atoms with Crippen LogP contribution in [0.4, 0.5) is 4.39 Å². The van der Waals surface area contributed by atoms with Crippen molar-refractivity contribution in [1.29, 1.82) is 0 Å². The molecule has 0 spiro atoms. The Morgan fingerprint density at radius 3 is 2.61 bits per heavy atom. The second kappa shape index (κ2) is 5.32. The van der Waals surface area contributed by atoms with Gasteiger partial charge in [0, 0.05) is 17.0 Å². The van der Waals surface area contributed by atoms with Crippen LogP contribution in [-0.4, -0.2) is 5.78 Å². The largest absolute Gasteiger partial charge is 0.294 e. The first-order chi connectivity index (χ1) is 8.59. The Morgan fingerprint density at radius 2 is 1.89 bits per heavy atom. The summed E-state index contributed by atoms with van der Waals surface area (Å²) in [6, 6.07) is 11.5. The van der Waals surface area contributed by atoms with E-state index in [0.29, 0.717) is 16.1 Å². The molecule has 3 heteroatoms. The third kappa shape index (κ3) is 2.59. The lowest BCUT2D eigenvalue weighted by Gasteiger charge is -2.07. The summed E-state index contributed by atoms with van der Waals surface area (Å²) < 4.78 is 13.5. The van der Waals surface area contributed by atoms with E-state index in [2.05, 4.69) is 0 Å². The molecular formula is C15H12ClFO. The highest BCUT2D eigenvalue weighted by Crippen LogP contribution is 2.20. The SMILES string of the molecule is Cc1c(Cl)cccc1C(=O)Cc1ccccc1F. The fraction of sp³-hybridized carbons (Fsp3) is 0.133. The van der Waals surface area contributed by atoms with Crippen molar-refractivity contribution in [2.45, 2.75) is 13.3 Å². The molecule has 0 saturated carbocycles. The molecule has 0 atom stereocenters. The molecule has 1 nitrogen and oxygen atoms in total. The summed E-state index contributed by atoms with van der Waals surface area (Å²) in [5.74, 6) is -0.481. The summed E-state index contributed by atoms with van der Waals surface area (Å²) in [5, 5.41) is 0.550. The number of Topliss-reactive ketones (excluding diaryl/α,β-unsaturated/α-hetero) is 1. The van der Waals surface area contributed by atoms with Crippen LogP contribution in [0.1, 0.15) is 21.5 Å². The highest BCUT2D eigenvalue weighted by atomic mass is 35.5. The number of carbonyl (C=O) groups excluding carboxylic acids is 1. The van der Waals surface area contributed by atoms with E-state index in [1.165, 1.54) is 6.07 Å². The maximum atomic E-state index is 13.5. The van der Waals surface area contributed by atoms with Crippen LogP contribution in [0.2, 0.25) is 5.02 Å². The Balaban J connectivity index is 2.28.